The van der Waals surface area contributed by atoms with Crippen LogP contribution < -0.4 is 0 Å². The number of ether oxygens (including phenoxy) is 1. The second-order valence-electron chi connectivity index (χ2n) is 8.90. The second kappa shape index (κ2) is 8.66. The molecule has 2 atom stereocenters. The molecule has 0 aromatic rings. The van der Waals surface area contributed by atoms with Crippen LogP contribution in [0.2, 0.25) is 0 Å². The molecule has 2 fully saturated rings. The Hall–Kier alpha value is -0.610. The Balaban J connectivity index is 2.03. The van der Waals surface area contributed by atoms with Crippen LogP contribution in [0, 0.1) is 17.3 Å². The normalized spacial score (nSPS) is 29.5. The van der Waals surface area contributed by atoms with Gasteiger partial charge in [0.05, 0.1) is 6.10 Å². The van der Waals surface area contributed by atoms with Gasteiger partial charge in [-0.05, 0) is 43.6 Å². The summed E-state index contributed by atoms with van der Waals surface area (Å²) in [5.41, 5.74) is 0.151. The molecule has 24 heavy (non-hydrogen) atoms. The molecule has 0 aromatic carbocycles. The molecule has 2 heterocycles. The number of carbonyl (C=O) groups excluding carboxylic acids is 1. The molecule has 4 heteroatoms. The Labute approximate surface area is 148 Å². The van der Waals surface area contributed by atoms with Crippen LogP contribution in [0.3, 0.4) is 0 Å². The van der Waals surface area contributed by atoms with Crippen LogP contribution in [-0.2, 0) is 9.53 Å². The lowest BCUT2D eigenvalue weighted by Crippen LogP contribution is -2.49. The molecule has 0 radical (unpaired) electrons. The molecular weight excluding hydrogens is 300 g/mol. The van der Waals surface area contributed by atoms with Gasteiger partial charge in [-0.25, -0.2) is 0 Å². The average Bonchev–Trinajstić information content (AvgIpc) is 2.54. The number of amides is 1. The third kappa shape index (κ3) is 5.45. The van der Waals surface area contributed by atoms with Crippen molar-refractivity contribution in [1.82, 2.24) is 9.80 Å². The maximum absolute atomic E-state index is 13.0. The van der Waals surface area contributed by atoms with E-state index in [-0.39, 0.29) is 5.41 Å². The summed E-state index contributed by atoms with van der Waals surface area (Å²) in [5.74, 6) is 1.60. The van der Waals surface area contributed by atoms with Gasteiger partial charge in [0.1, 0.15) is 0 Å². The lowest BCUT2D eigenvalue weighted by molar-refractivity contribution is -0.140. The van der Waals surface area contributed by atoms with Crippen molar-refractivity contribution < 1.29 is 9.53 Å². The molecule has 2 rings (SSSR count). The highest BCUT2D eigenvalue weighted by Crippen LogP contribution is 2.43. The first-order chi connectivity index (χ1) is 11.3. The Bertz CT molecular complexity index is 402. The summed E-state index contributed by atoms with van der Waals surface area (Å²) in [7, 11) is 2.14. The van der Waals surface area contributed by atoms with Crippen LogP contribution in [-0.4, -0.2) is 61.6 Å². The molecule has 4 nitrogen and oxygen atoms in total. The van der Waals surface area contributed by atoms with Gasteiger partial charge in [0.25, 0.3) is 0 Å². The summed E-state index contributed by atoms with van der Waals surface area (Å²) < 4.78 is 6.01. The van der Waals surface area contributed by atoms with E-state index in [9.17, 15) is 4.79 Å². The number of rotatable bonds is 6. The lowest BCUT2D eigenvalue weighted by atomic mass is 9.69. The summed E-state index contributed by atoms with van der Waals surface area (Å²) in [6.07, 6.45) is 5.50. The average molecular weight is 339 g/mol. The van der Waals surface area contributed by atoms with Crippen LogP contribution in [0.1, 0.15) is 59.8 Å². The molecule has 0 saturated carbocycles. The van der Waals surface area contributed by atoms with E-state index in [0.29, 0.717) is 23.8 Å². The van der Waals surface area contributed by atoms with Gasteiger partial charge in [0.2, 0.25) is 5.91 Å². The Morgan fingerprint density at radius 3 is 2.42 bits per heavy atom. The number of piperazine rings is 1. The van der Waals surface area contributed by atoms with Crippen molar-refractivity contribution in [1.29, 1.82) is 0 Å². The van der Waals surface area contributed by atoms with Gasteiger partial charge in [-0.3, -0.25) is 4.79 Å². The topological polar surface area (TPSA) is 32.8 Å². The van der Waals surface area contributed by atoms with E-state index in [1.807, 2.05) is 0 Å². The van der Waals surface area contributed by atoms with Crippen molar-refractivity contribution in [3.63, 3.8) is 0 Å². The minimum Gasteiger partial charge on any atom is -0.378 e. The molecular formula is C20H38N2O2. The third-order valence-corrected chi connectivity index (χ3v) is 5.98. The zero-order chi connectivity index (χ0) is 17.7. The maximum Gasteiger partial charge on any atom is 0.223 e. The fourth-order valence-corrected chi connectivity index (χ4v) is 4.00. The molecule has 2 saturated heterocycles. The van der Waals surface area contributed by atoms with Gasteiger partial charge in [0.15, 0.2) is 0 Å². The van der Waals surface area contributed by atoms with Crippen molar-refractivity contribution in [2.75, 3.05) is 39.8 Å². The minimum atomic E-state index is 0.151. The largest absolute Gasteiger partial charge is 0.378 e. The monoisotopic (exact) mass is 338 g/mol. The van der Waals surface area contributed by atoms with Crippen molar-refractivity contribution in [3.05, 3.63) is 0 Å². The van der Waals surface area contributed by atoms with Crippen molar-refractivity contribution in [3.8, 4) is 0 Å². The second-order valence-corrected chi connectivity index (χ2v) is 8.90. The summed E-state index contributed by atoms with van der Waals surface area (Å²) in [5, 5.41) is 0. The smallest absolute Gasteiger partial charge is 0.223 e. The predicted octanol–water partition coefficient (Wildman–Crippen LogP) is 3.41. The van der Waals surface area contributed by atoms with Crippen LogP contribution in [0.4, 0.5) is 0 Å². The van der Waals surface area contributed by atoms with Crippen molar-refractivity contribution in [2.45, 2.75) is 65.9 Å². The summed E-state index contributed by atoms with van der Waals surface area (Å²) in [4.78, 5) is 17.4. The highest BCUT2D eigenvalue weighted by molar-refractivity contribution is 5.77. The van der Waals surface area contributed by atoms with E-state index in [4.69, 9.17) is 4.74 Å². The van der Waals surface area contributed by atoms with E-state index in [0.717, 1.165) is 58.5 Å². The van der Waals surface area contributed by atoms with Crippen LogP contribution in [0.15, 0.2) is 0 Å². The van der Waals surface area contributed by atoms with Crippen LogP contribution in [0.25, 0.3) is 0 Å². The first kappa shape index (κ1) is 19.7. The first-order valence-electron chi connectivity index (χ1n) is 9.89. The van der Waals surface area contributed by atoms with Gasteiger partial charge < -0.3 is 14.5 Å². The summed E-state index contributed by atoms with van der Waals surface area (Å²) >= 11 is 0. The molecule has 1 amide bonds. The number of nitrogens with zero attached hydrogens (tertiary/aromatic N) is 2. The quantitative estimate of drug-likeness (QED) is 0.744. The molecule has 0 N–H and O–H groups in total. The van der Waals surface area contributed by atoms with E-state index < -0.39 is 0 Å². The van der Waals surface area contributed by atoms with Crippen LogP contribution in [0.5, 0.6) is 0 Å². The fourth-order valence-electron chi connectivity index (χ4n) is 4.00. The Kier molecular flexibility index (Phi) is 7.11. The van der Waals surface area contributed by atoms with Gasteiger partial charge in [-0.1, -0.05) is 34.1 Å². The molecule has 2 aliphatic heterocycles. The number of likely N-dealkylation sites (N-methyl/N-ethyl adjacent to an activating group) is 1. The number of hydrogen-bond donors (Lipinski definition) is 0. The molecule has 140 valence electrons. The van der Waals surface area contributed by atoms with E-state index in [1.54, 1.807) is 0 Å². The third-order valence-electron chi connectivity index (χ3n) is 5.98. The zero-order valence-corrected chi connectivity index (χ0v) is 16.5. The molecule has 2 aliphatic rings. The Morgan fingerprint density at radius 2 is 1.83 bits per heavy atom. The number of hydrogen-bond acceptors (Lipinski definition) is 3. The van der Waals surface area contributed by atoms with Gasteiger partial charge in [-0.2, -0.15) is 0 Å². The summed E-state index contributed by atoms with van der Waals surface area (Å²) in [6.45, 7) is 13.7. The van der Waals surface area contributed by atoms with E-state index in [1.165, 1.54) is 6.42 Å². The maximum atomic E-state index is 13.0. The van der Waals surface area contributed by atoms with E-state index in [2.05, 4.69) is 44.5 Å². The zero-order valence-electron chi connectivity index (χ0n) is 16.5. The predicted molar refractivity (Wildman–Crippen MR) is 99.0 cm³/mol. The molecule has 0 spiro atoms. The highest BCUT2D eigenvalue weighted by Gasteiger charge is 2.40. The highest BCUT2D eigenvalue weighted by atomic mass is 16.5. The van der Waals surface area contributed by atoms with Crippen molar-refractivity contribution >= 4 is 5.91 Å². The Morgan fingerprint density at radius 1 is 1.17 bits per heavy atom. The number of carbonyl (C=O) groups is 1. The molecule has 0 unspecified atom stereocenters. The fraction of sp³-hybridized carbons (Fsp3) is 0.950. The molecule has 0 aromatic heterocycles. The standard InChI is InChI=1S/C20H38N2O2/c1-16(2)6-7-20(8-13-24-18(14-20)17(3)4)15-19(23)22-11-9-21(5)10-12-22/h16-18H,6-15H2,1-5H3/t18-,20+/m1/s1. The first-order valence-corrected chi connectivity index (χ1v) is 9.89. The lowest BCUT2D eigenvalue weighted by Gasteiger charge is -2.44. The SMILES string of the molecule is CC(C)CC[C@]1(CC(=O)N2CCN(C)CC2)CCO[C@@H](C(C)C)C1. The summed E-state index contributed by atoms with van der Waals surface area (Å²) in [6, 6.07) is 0. The van der Waals surface area contributed by atoms with Crippen LogP contribution >= 0.6 is 0 Å². The van der Waals surface area contributed by atoms with Gasteiger partial charge in [0, 0.05) is 39.2 Å². The van der Waals surface area contributed by atoms with E-state index >= 15 is 0 Å². The molecule has 0 aliphatic carbocycles. The van der Waals surface area contributed by atoms with Gasteiger partial charge >= 0.3 is 0 Å². The minimum absolute atomic E-state index is 0.151. The molecule has 0 bridgehead atoms. The van der Waals surface area contributed by atoms with Gasteiger partial charge in [-0.15, -0.1) is 0 Å². The van der Waals surface area contributed by atoms with Crippen molar-refractivity contribution in [2.24, 2.45) is 17.3 Å².